The lowest BCUT2D eigenvalue weighted by Crippen LogP contribution is -2.21. The zero-order chi connectivity index (χ0) is 20.4. The Morgan fingerprint density at radius 2 is 2.00 bits per heavy atom. The fraction of sp³-hybridized carbons (Fsp3) is 0.381. The van der Waals surface area contributed by atoms with Crippen LogP contribution in [0.1, 0.15) is 36.0 Å². The second-order valence-corrected chi connectivity index (χ2v) is 7.36. The van der Waals surface area contributed by atoms with Crippen LogP contribution in [0.15, 0.2) is 30.5 Å². The highest BCUT2D eigenvalue weighted by molar-refractivity contribution is 5.95. The number of hydrogen-bond donors (Lipinski definition) is 2. The third-order valence-electron chi connectivity index (χ3n) is 5.06. The molecule has 8 heteroatoms. The molecule has 29 heavy (non-hydrogen) atoms. The van der Waals surface area contributed by atoms with E-state index in [1.807, 2.05) is 12.3 Å². The van der Waals surface area contributed by atoms with E-state index >= 15 is 0 Å². The highest BCUT2D eigenvalue weighted by atomic mass is 16.5. The molecule has 1 fully saturated rings. The Bertz CT molecular complexity index is 1020. The van der Waals surface area contributed by atoms with Crippen LogP contribution >= 0.6 is 0 Å². The van der Waals surface area contributed by atoms with Crippen LogP contribution in [0.2, 0.25) is 0 Å². The lowest BCUT2D eigenvalue weighted by atomic mass is 10.1. The Hall–Kier alpha value is -3.29. The van der Waals surface area contributed by atoms with Crippen LogP contribution in [0.5, 0.6) is 11.6 Å². The second kappa shape index (κ2) is 7.98. The number of nitrogens with one attached hydrogen (secondary N) is 2. The topological polar surface area (TPSA) is 92.4 Å². The fourth-order valence-electron chi connectivity index (χ4n) is 3.53. The first-order valence-corrected chi connectivity index (χ1v) is 9.73. The number of rotatable bonds is 6. The molecule has 0 aliphatic heterocycles. The average molecular weight is 395 g/mol. The third-order valence-corrected chi connectivity index (χ3v) is 5.06. The Balaban J connectivity index is 1.64. The van der Waals surface area contributed by atoms with Gasteiger partial charge in [-0.15, -0.1) is 0 Å². The summed E-state index contributed by atoms with van der Waals surface area (Å²) in [6, 6.07) is 7.16. The summed E-state index contributed by atoms with van der Waals surface area (Å²) in [5.74, 6) is 1.42. The highest BCUT2D eigenvalue weighted by Gasteiger charge is 2.20. The summed E-state index contributed by atoms with van der Waals surface area (Å²) in [6.07, 6.45) is 6.49. The average Bonchev–Trinajstić information content (AvgIpc) is 3.39. The molecule has 4 rings (SSSR count). The number of fused-ring (bicyclic) bond motifs is 1. The van der Waals surface area contributed by atoms with Gasteiger partial charge in [0.1, 0.15) is 17.5 Å². The maximum atomic E-state index is 12.2. The highest BCUT2D eigenvalue weighted by Crippen LogP contribution is 2.32. The minimum Gasteiger partial charge on any atom is -0.495 e. The monoisotopic (exact) mass is 395 g/mol. The maximum absolute atomic E-state index is 12.2. The van der Waals surface area contributed by atoms with Gasteiger partial charge in [0, 0.05) is 25.9 Å². The van der Waals surface area contributed by atoms with Gasteiger partial charge in [0.2, 0.25) is 11.8 Å². The van der Waals surface area contributed by atoms with Crippen molar-refractivity contribution in [1.29, 1.82) is 0 Å². The molecule has 3 aromatic rings. The van der Waals surface area contributed by atoms with Crippen molar-refractivity contribution in [2.24, 2.45) is 0 Å². The number of hydrogen-bond acceptors (Lipinski definition) is 6. The zero-order valence-electron chi connectivity index (χ0n) is 16.9. The summed E-state index contributed by atoms with van der Waals surface area (Å²) in [7, 11) is 4.99. The zero-order valence-corrected chi connectivity index (χ0v) is 16.9. The number of aromatic amines is 1. The quantitative estimate of drug-likeness (QED) is 0.661. The number of aromatic nitrogens is 3. The van der Waals surface area contributed by atoms with E-state index in [2.05, 4.69) is 20.3 Å². The number of carbonyl (C=O) groups excluding carboxylic acids is 1. The van der Waals surface area contributed by atoms with E-state index in [4.69, 9.17) is 9.47 Å². The molecule has 0 spiro atoms. The van der Waals surface area contributed by atoms with Crippen LogP contribution in [-0.2, 0) is 0 Å². The van der Waals surface area contributed by atoms with E-state index in [-0.39, 0.29) is 12.0 Å². The first-order valence-electron chi connectivity index (χ1n) is 9.73. The number of ether oxygens (including phenoxy) is 2. The van der Waals surface area contributed by atoms with E-state index in [1.165, 1.54) is 17.7 Å². The van der Waals surface area contributed by atoms with Crippen LogP contribution in [0.4, 0.5) is 11.6 Å². The molecule has 2 N–H and O–H groups in total. The minimum absolute atomic E-state index is 0.0915. The van der Waals surface area contributed by atoms with Crippen molar-refractivity contribution < 1.29 is 14.3 Å². The third kappa shape index (κ3) is 3.96. The van der Waals surface area contributed by atoms with E-state index in [9.17, 15) is 4.79 Å². The van der Waals surface area contributed by atoms with Crippen molar-refractivity contribution >= 4 is 28.6 Å². The lowest BCUT2D eigenvalue weighted by molar-refractivity contribution is 0.0827. The SMILES string of the molecule is COc1cc(C(=O)N(C)C)ccc1Nc1nc(OC2CCCC2)c2cc[nH]c2n1. The molecule has 1 aliphatic carbocycles. The fourth-order valence-corrected chi connectivity index (χ4v) is 3.53. The molecular formula is C21H25N5O3. The van der Waals surface area contributed by atoms with Crippen LogP contribution in [0.3, 0.4) is 0 Å². The van der Waals surface area contributed by atoms with Crippen LogP contribution in [-0.4, -0.2) is 53.1 Å². The number of H-pyrrole nitrogens is 1. The predicted octanol–water partition coefficient (Wildman–Crippen LogP) is 3.73. The number of nitrogens with zero attached hydrogens (tertiary/aromatic N) is 3. The Labute approximate surface area is 169 Å². The molecule has 2 aromatic heterocycles. The Morgan fingerprint density at radius 3 is 2.72 bits per heavy atom. The standard InChI is InChI=1S/C21H25N5O3/c1-26(2)20(27)13-8-9-16(17(12-13)28-3)23-21-24-18-15(10-11-22-18)19(25-21)29-14-6-4-5-7-14/h8-12,14H,4-7H2,1-3H3,(H2,22,23,24,25). The summed E-state index contributed by atoms with van der Waals surface area (Å²) >= 11 is 0. The number of methoxy groups -OCH3 is 1. The molecule has 0 radical (unpaired) electrons. The summed E-state index contributed by atoms with van der Waals surface area (Å²) < 4.78 is 11.6. The number of benzene rings is 1. The molecule has 1 saturated carbocycles. The van der Waals surface area contributed by atoms with Gasteiger partial charge in [-0.25, -0.2) is 0 Å². The lowest BCUT2D eigenvalue weighted by Gasteiger charge is -2.16. The van der Waals surface area contributed by atoms with Crippen molar-refractivity contribution in [2.45, 2.75) is 31.8 Å². The Morgan fingerprint density at radius 1 is 1.21 bits per heavy atom. The normalized spacial score (nSPS) is 14.2. The molecular weight excluding hydrogens is 370 g/mol. The molecule has 2 heterocycles. The van der Waals surface area contributed by atoms with Crippen LogP contribution < -0.4 is 14.8 Å². The summed E-state index contributed by atoms with van der Waals surface area (Å²) in [4.78, 5) is 26.0. The van der Waals surface area contributed by atoms with E-state index in [0.717, 1.165) is 18.2 Å². The van der Waals surface area contributed by atoms with E-state index in [1.54, 1.807) is 39.4 Å². The van der Waals surface area contributed by atoms with Gasteiger partial charge in [-0.2, -0.15) is 9.97 Å². The largest absolute Gasteiger partial charge is 0.495 e. The van der Waals surface area contributed by atoms with Crippen molar-refractivity contribution in [2.75, 3.05) is 26.5 Å². The van der Waals surface area contributed by atoms with Crippen LogP contribution in [0, 0.1) is 0 Å². The molecule has 1 aliphatic rings. The second-order valence-electron chi connectivity index (χ2n) is 7.36. The van der Waals surface area contributed by atoms with Crippen molar-refractivity contribution in [3.05, 3.63) is 36.0 Å². The molecule has 1 aromatic carbocycles. The minimum atomic E-state index is -0.0915. The van der Waals surface area contributed by atoms with Gasteiger partial charge in [0.05, 0.1) is 18.2 Å². The summed E-state index contributed by atoms with van der Waals surface area (Å²) in [6.45, 7) is 0. The maximum Gasteiger partial charge on any atom is 0.253 e. The molecule has 1 amide bonds. The van der Waals surface area contributed by atoms with Crippen molar-refractivity contribution in [1.82, 2.24) is 19.9 Å². The van der Waals surface area contributed by atoms with Gasteiger partial charge in [-0.05, 0) is 49.9 Å². The van der Waals surface area contributed by atoms with E-state index in [0.29, 0.717) is 34.5 Å². The Kier molecular flexibility index (Phi) is 5.24. The molecule has 8 nitrogen and oxygen atoms in total. The van der Waals surface area contributed by atoms with Gasteiger partial charge >= 0.3 is 0 Å². The first-order chi connectivity index (χ1) is 14.0. The number of amides is 1. The van der Waals surface area contributed by atoms with Crippen molar-refractivity contribution in [3.63, 3.8) is 0 Å². The first kappa shape index (κ1) is 19.0. The van der Waals surface area contributed by atoms with Gasteiger partial charge < -0.3 is 24.7 Å². The van der Waals surface area contributed by atoms with Gasteiger partial charge in [0.25, 0.3) is 5.91 Å². The summed E-state index contributed by atoms with van der Waals surface area (Å²) in [5.41, 5.74) is 1.91. The number of anilines is 2. The van der Waals surface area contributed by atoms with Gasteiger partial charge in [-0.1, -0.05) is 0 Å². The molecule has 0 atom stereocenters. The predicted molar refractivity (Wildman–Crippen MR) is 111 cm³/mol. The smallest absolute Gasteiger partial charge is 0.253 e. The van der Waals surface area contributed by atoms with Gasteiger partial charge in [-0.3, -0.25) is 4.79 Å². The molecule has 152 valence electrons. The molecule has 0 bridgehead atoms. The van der Waals surface area contributed by atoms with E-state index < -0.39 is 0 Å². The molecule has 0 saturated heterocycles. The number of carbonyl (C=O) groups is 1. The van der Waals surface area contributed by atoms with Crippen molar-refractivity contribution in [3.8, 4) is 11.6 Å². The van der Waals surface area contributed by atoms with Gasteiger partial charge in [0.15, 0.2) is 0 Å². The summed E-state index contributed by atoms with van der Waals surface area (Å²) in [5, 5.41) is 4.06. The molecule has 0 unspecified atom stereocenters. The van der Waals surface area contributed by atoms with Crippen LogP contribution in [0.25, 0.3) is 11.0 Å².